The molecule has 0 unspecified atom stereocenters. The van der Waals surface area contributed by atoms with Gasteiger partial charge in [-0.25, -0.2) is 13.2 Å². The van der Waals surface area contributed by atoms with Gasteiger partial charge in [0, 0.05) is 13.1 Å². The molecule has 2 aliphatic heterocycles. The average molecular weight is 478 g/mol. The second-order valence-corrected chi connectivity index (χ2v) is 11.6. The van der Waals surface area contributed by atoms with Crippen LogP contribution in [0, 0.1) is 5.92 Å². The zero-order chi connectivity index (χ0) is 22.6. The van der Waals surface area contributed by atoms with Crippen LogP contribution in [0.25, 0.3) is 0 Å². The second kappa shape index (κ2) is 10.2. The van der Waals surface area contributed by atoms with Gasteiger partial charge in [0.25, 0.3) is 10.0 Å². The van der Waals surface area contributed by atoms with E-state index in [1.54, 1.807) is 29.6 Å². The molecule has 2 fully saturated rings. The molecule has 0 spiro atoms. The normalized spacial score (nSPS) is 18.6. The number of hydrogen-bond donors (Lipinski definition) is 2. The number of carbonyl (C=O) groups is 1. The SMILES string of the molecule is O=C(O)c1ccc(N2CCC(CCN3CCCCC3)CC2)c(NS(=O)(=O)c2cccs2)c1. The maximum Gasteiger partial charge on any atom is 0.335 e. The van der Waals surface area contributed by atoms with Crippen LogP contribution in [0.2, 0.25) is 0 Å². The second-order valence-electron chi connectivity index (χ2n) is 8.70. The summed E-state index contributed by atoms with van der Waals surface area (Å²) in [7, 11) is -3.76. The van der Waals surface area contributed by atoms with Gasteiger partial charge < -0.3 is 14.9 Å². The van der Waals surface area contributed by atoms with Gasteiger partial charge in [0.1, 0.15) is 4.21 Å². The molecule has 0 amide bonds. The summed E-state index contributed by atoms with van der Waals surface area (Å²) in [4.78, 5) is 16.2. The lowest BCUT2D eigenvalue weighted by Crippen LogP contribution is -2.36. The lowest BCUT2D eigenvalue weighted by Gasteiger charge is -2.36. The number of carboxylic acid groups (broad SMARTS) is 1. The van der Waals surface area contributed by atoms with E-state index in [1.807, 2.05) is 0 Å². The van der Waals surface area contributed by atoms with Gasteiger partial charge in [0.15, 0.2) is 0 Å². The molecule has 2 aromatic rings. The number of rotatable bonds is 8. The van der Waals surface area contributed by atoms with Crippen molar-refractivity contribution in [2.24, 2.45) is 5.92 Å². The molecule has 0 radical (unpaired) electrons. The predicted molar refractivity (Wildman–Crippen MR) is 128 cm³/mol. The predicted octanol–water partition coefficient (Wildman–Crippen LogP) is 4.34. The van der Waals surface area contributed by atoms with Crippen molar-refractivity contribution in [3.8, 4) is 0 Å². The third-order valence-electron chi connectivity index (χ3n) is 6.51. The Morgan fingerprint density at radius 2 is 1.84 bits per heavy atom. The van der Waals surface area contributed by atoms with E-state index in [2.05, 4.69) is 14.5 Å². The maximum atomic E-state index is 12.8. The van der Waals surface area contributed by atoms with E-state index in [1.165, 1.54) is 51.4 Å². The van der Waals surface area contributed by atoms with Crippen molar-refractivity contribution in [3.63, 3.8) is 0 Å². The standard InChI is InChI=1S/C23H31N3O4S2/c27-23(28)19-6-7-21(20(17-19)24-32(29,30)22-5-4-16-31-22)26-14-9-18(10-15-26)8-13-25-11-2-1-3-12-25/h4-7,16-18,24H,1-3,8-15H2,(H,27,28). The van der Waals surface area contributed by atoms with Crippen molar-refractivity contribution in [3.05, 3.63) is 41.3 Å². The molecule has 2 aliphatic rings. The number of likely N-dealkylation sites (tertiary alicyclic amines) is 1. The summed E-state index contributed by atoms with van der Waals surface area (Å²) in [6, 6.07) is 7.92. The summed E-state index contributed by atoms with van der Waals surface area (Å²) in [5.74, 6) is -0.401. The topological polar surface area (TPSA) is 89.9 Å². The highest BCUT2D eigenvalue weighted by atomic mass is 32.2. The first-order chi connectivity index (χ1) is 15.4. The minimum Gasteiger partial charge on any atom is -0.478 e. The molecule has 174 valence electrons. The third kappa shape index (κ3) is 5.63. The van der Waals surface area contributed by atoms with E-state index in [-0.39, 0.29) is 9.77 Å². The number of thiophene rings is 1. The monoisotopic (exact) mass is 477 g/mol. The van der Waals surface area contributed by atoms with Crippen LogP contribution >= 0.6 is 11.3 Å². The van der Waals surface area contributed by atoms with Gasteiger partial charge in [-0.15, -0.1) is 11.3 Å². The van der Waals surface area contributed by atoms with Crippen LogP contribution in [0.3, 0.4) is 0 Å². The molecular formula is C23H31N3O4S2. The van der Waals surface area contributed by atoms with Gasteiger partial charge in [0.05, 0.1) is 16.9 Å². The first-order valence-corrected chi connectivity index (χ1v) is 13.7. The molecule has 4 rings (SSSR count). The fourth-order valence-electron chi connectivity index (χ4n) is 4.65. The van der Waals surface area contributed by atoms with E-state index < -0.39 is 16.0 Å². The highest BCUT2D eigenvalue weighted by Crippen LogP contribution is 2.34. The lowest BCUT2D eigenvalue weighted by atomic mass is 9.92. The Bertz CT molecular complexity index is 1010. The van der Waals surface area contributed by atoms with E-state index in [0.717, 1.165) is 43.0 Å². The zero-order valence-corrected chi connectivity index (χ0v) is 19.8. The molecule has 0 aliphatic carbocycles. The number of carboxylic acids is 1. The zero-order valence-electron chi connectivity index (χ0n) is 18.2. The minimum atomic E-state index is -3.76. The number of hydrogen-bond acceptors (Lipinski definition) is 6. The van der Waals surface area contributed by atoms with E-state index >= 15 is 0 Å². The summed E-state index contributed by atoms with van der Waals surface area (Å²) in [6.45, 7) is 5.30. The van der Waals surface area contributed by atoms with Crippen LogP contribution in [-0.2, 0) is 10.0 Å². The summed E-state index contributed by atoms with van der Waals surface area (Å²) in [5, 5.41) is 11.1. The Morgan fingerprint density at radius 3 is 2.50 bits per heavy atom. The van der Waals surface area contributed by atoms with Gasteiger partial charge in [-0.1, -0.05) is 12.5 Å². The summed E-state index contributed by atoms with van der Waals surface area (Å²) < 4.78 is 28.4. The van der Waals surface area contributed by atoms with Crippen molar-refractivity contribution in [2.75, 3.05) is 42.3 Å². The molecule has 0 saturated carbocycles. The minimum absolute atomic E-state index is 0.0639. The first kappa shape index (κ1) is 23.1. The number of aromatic carboxylic acids is 1. The van der Waals surface area contributed by atoms with Gasteiger partial charge in [-0.3, -0.25) is 4.72 Å². The highest BCUT2D eigenvalue weighted by molar-refractivity contribution is 7.94. The van der Waals surface area contributed by atoms with Crippen molar-refractivity contribution in [1.82, 2.24) is 4.90 Å². The molecule has 3 heterocycles. The van der Waals surface area contributed by atoms with Crippen LogP contribution in [0.4, 0.5) is 11.4 Å². The van der Waals surface area contributed by atoms with Crippen molar-refractivity contribution in [2.45, 2.75) is 42.7 Å². The Balaban J connectivity index is 1.44. The molecule has 0 bridgehead atoms. The smallest absolute Gasteiger partial charge is 0.335 e. The lowest BCUT2D eigenvalue weighted by molar-refractivity contribution is 0.0697. The van der Waals surface area contributed by atoms with E-state index in [9.17, 15) is 18.3 Å². The fourth-order valence-corrected chi connectivity index (χ4v) is 6.71. The van der Waals surface area contributed by atoms with Crippen molar-refractivity contribution in [1.29, 1.82) is 0 Å². The number of benzene rings is 1. The fraction of sp³-hybridized carbons (Fsp3) is 0.522. The number of piperidine rings is 2. The molecule has 9 heteroatoms. The Kier molecular flexibility index (Phi) is 7.37. The summed E-state index contributed by atoms with van der Waals surface area (Å²) in [5.41, 5.74) is 1.13. The first-order valence-electron chi connectivity index (χ1n) is 11.3. The Hall–Kier alpha value is -2.10. The molecular weight excluding hydrogens is 446 g/mol. The number of nitrogens with zero attached hydrogens (tertiary/aromatic N) is 2. The third-order valence-corrected chi connectivity index (χ3v) is 9.27. The molecule has 0 atom stereocenters. The Morgan fingerprint density at radius 1 is 1.09 bits per heavy atom. The number of nitrogens with one attached hydrogen (secondary N) is 1. The van der Waals surface area contributed by atoms with Gasteiger partial charge in [-0.05, 0) is 87.3 Å². The molecule has 1 aromatic carbocycles. The molecule has 7 nitrogen and oxygen atoms in total. The number of sulfonamides is 1. The molecule has 2 N–H and O–H groups in total. The summed E-state index contributed by atoms with van der Waals surface area (Å²) in [6.07, 6.45) is 7.32. The molecule has 32 heavy (non-hydrogen) atoms. The van der Waals surface area contributed by atoms with Crippen LogP contribution in [-0.4, -0.2) is 57.1 Å². The molecule has 2 saturated heterocycles. The van der Waals surface area contributed by atoms with Crippen LogP contribution in [0.1, 0.15) is 48.9 Å². The van der Waals surface area contributed by atoms with E-state index in [4.69, 9.17) is 0 Å². The maximum absolute atomic E-state index is 12.8. The van der Waals surface area contributed by atoms with Gasteiger partial charge in [0.2, 0.25) is 0 Å². The van der Waals surface area contributed by atoms with Crippen molar-refractivity contribution < 1.29 is 18.3 Å². The Labute approximate surface area is 194 Å². The summed E-state index contributed by atoms with van der Waals surface area (Å²) >= 11 is 1.13. The largest absolute Gasteiger partial charge is 0.478 e. The van der Waals surface area contributed by atoms with Crippen molar-refractivity contribution >= 4 is 38.7 Å². The van der Waals surface area contributed by atoms with Crippen LogP contribution < -0.4 is 9.62 Å². The number of anilines is 2. The van der Waals surface area contributed by atoms with Gasteiger partial charge >= 0.3 is 5.97 Å². The van der Waals surface area contributed by atoms with Crippen LogP contribution in [0.5, 0.6) is 0 Å². The average Bonchev–Trinajstić information content (AvgIpc) is 3.35. The van der Waals surface area contributed by atoms with Gasteiger partial charge in [-0.2, -0.15) is 0 Å². The quantitative estimate of drug-likeness (QED) is 0.588. The molecule has 1 aromatic heterocycles. The van der Waals surface area contributed by atoms with Crippen LogP contribution in [0.15, 0.2) is 39.9 Å². The highest BCUT2D eigenvalue weighted by Gasteiger charge is 2.25. The van der Waals surface area contributed by atoms with E-state index in [0.29, 0.717) is 11.6 Å².